The number of ether oxygens (including phenoxy) is 2. The predicted octanol–water partition coefficient (Wildman–Crippen LogP) is 2.67. The molecule has 35 heavy (non-hydrogen) atoms. The Bertz CT molecular complexity index is 1300. The van der Waals surface area contributed by atoms with E-state index in [9.17, 15) is 14.4 Å². The summed E-state index contributed by atoms with van der Waals surface area (Å²) in [5.41, 5.74) is 3.76. The Morgan fingerprint density at radius 3 is 2.89 bits per heavy atom. The quantitative estimate of drug-likeness (QED) is 0.433. The van der Waals surface area contributed by atoms with Gasteiger partial charge in [0.15, 0.2) is 0 Å². The Balaban J connectivity index is 1.21. The lowest BCUT2D eigenvalue weighted by Crippen LogP contribution is -2.41. The van der Waals surface area contributed by atoms with Crippen molar-refractivity contribution in [3.8, 4) is 11.5 Å². The smallest absolute Gasteiger partial charge is 0.325 e. The van der Waals surface area contributed by atoms with Gasteiger partial charge in [-0.2, -0.15) is 0 Å². The van der Waals surface area contributed by atoms with Gasteiger partial charge in [0.2, 0.25) is 5.91 Å². The Morgan fingerprint density at radius 1 is 1.23 bits per heavy atom. The van der Waals surface area contributed by atoms with Gasteiger partial charge in [-0.1, -0.05) is 18.2 Å². The fraction of sp³-hybridized carbons (Fsp3) is 0.346. The van der Waals surface area contributed by atoms with Gasteiger partial charge >= 0.3 is 6.03 Å². The minimum atomic E-state index is -0.713. The molecule has 5 rings (SSSR count). The van der Waals surface area contributed by atoms with Crippen molar-refractivity contribution in [2.24, 2.45) is 0 Å². The number of nitrogens with zero attached hydrogens (tertiary/aromatic N) is 1. The molecule has 182 valence electrons. The SMILES string of the molecule is CCOc1cc2c(cc1CNC(=O)CN1C(=O)NC(Cc3c[nH]c4ccccc34)C1=O)OC(C)C2. The number of amides is 4. The number of aromatic nitrogens is 1. The van der Waals surface area contributed by atoms with Crippen LogP contribution in [-0.2, 0) is 29.0 Å². The molecule has 4 amide bonds. The first kappa shape index (κ1) is 22.8. The average molecular weight is 477 g/mol. The van der Waals surface area contributed by atoms with Gasteiger partial charge in [-0.05, 0) is 37.6 Å². The fourth-order valence-corrected chi connectivity index (χ4v) is 4.69. The third-order valence-electron chi connectivity index (χ3n) is 6.36. The van der Waals surface area contributed by atoms with E-state index in [1.54, 1.807) is 0 Å². The second-order valence-corrected chi connectivity index (χ2v) is 8.90. The maximum Gasteiger partial charge on any atom is 0.325 e. The summed E-state index contributed by atoms with van der Waals surface area (Å²) in [6, 6.07) is 10.3. The molecule has 2 aliphatic rings. The number of nitrogens with one attached hydrogen (secondary N) is 3. The molecule has 0 aliphatic carbocycles. The molecule has 3 heterocycles. The Hall–Kier alpha value is -4.01. The largest absolute Gasteiger partial charge is 0.494 e. The molecule has 0 radical (unpaired) electrons. The molecule has 2 unspecified atom stereocenters. The van der Waals surface area contributed by atoms with Crippen LogP contribution in [0, 0.1) is 0 Å². The predicted molar refractivity (Wildman–Crippen MR) is 129 cm³/mol. The number of urea groups is 1. The Labute approximate surface area is 202 Å². The molecule has 3 N–H and O–H groups in total. The molecule has 9 nitrogen and oxygen atoms in total. The zero-order valence-corrected chi connectivity index (χ0v) is 19.7. The van der Waals surface area contributed by atoms with Crippen LogP contribution in [0.15, 0.2) is 42.6 Å². The highest BCUT2D eigenvalue weighted by molar-refractivity contribution is 6.06. The van der Waals surface area contributed by atoms with Gasteiger partial charge in [-0.3, -0.25) is 14.5 Å². The number of hydrogen-bond donors (Lipinski definition) is 3. The molecule has 1 saturated heterocycles. The van der Waals surface area contributed by atoms with Crippen LogP contribution in [0.3, 0.4) is 0 Å². The van der Waals surface area contributed by atoms with Crippen LogP contribution in [0.4, 0.5) is 4.79 Å². The fourth-order valence-electron chi connectivity index (χ4n) is 4.69. The lowest BCUT2D eigenvalue weighted by atomic mass is 10.1. The number of H-pyrrole nitrogens is 1. The topological polar surface area (TPSA) is 113 Å². The normalized spacial score (nSPS) is 19.0. The van der Waals surface area contributed by atoms with Crippen LogP contribution in [0.2, 0.25) is 0 Å². The van der Waals surface area contributed by atoms with Crippen LogP contribution in [0.5, 0.6) is 11.5 Å². The standard InChI is InChI=1S/C26H28N4O5/c1-3-34-22-10-16-8-15(2)35-23(16)11-18(22)13-28-24(31)14-30-25(32)21(29-26(30)33)9-17-12-27-20-7-5-4-6-19(17)20/h4-7,10-12,15,21,27H,3,8-9,13-14H2,1-2H3,(H,28,31)(H,29,33). The molecule has 1 aromatic heterocycles. The molecule has 0 saturated carbocycles. The van der Waals surface area contributed by atoms with E-state index < -0.39 is 23.9 Å². The Morgan fingerprint density at radius 2 is 2.06 bits per heavy atom. The summed E-state index contributed by atoms with van der Waals surface area (Å²) in [5, 5.41) is 6.50. The summed E-state index contributed by atoms with van der Waals surface area (Å²) in [5.74, 6) is 0.640. The number of carbonyl (C=O) groups excluding carboxylic acids is 3. The van der Waals surface area contributed by atoms with E-state index in [-0.39, 0.29) is 19.2 Å². The highest BCUT2D eigenvalue weighted by Crippen LogP contribution is 2.35. The number of benzene rings is 2. The molecule has 3 aromatic rings. The molecule has 1 fully saturated rings. The minimum absolute atomic E-state index is 0.0983. The van der Waals surface area contributed by atoms with Gasteiger partial charge in [-0.25, -0.2) is 4.79 Å². The summed E-state index contributed by atoms with van der Waals surface area (Å²) in [7, 11) is 0. The molecule has 9 heteroatoms. The molecule has 2 aromatic carbocycles. The highest BCUT2D eigenvalue weighted by atomic mass is 16.5. The van der Waals surface area contributed by atoms with Crippen molar-refractivity contribution in [1.82, 2.24) is 20.5 Å². The second kappa shape index (κ2) is 9.32. The first-order chi connectivity index (χ1) is 16.9. The van der Waals surface area contributed by atoms with Crippen molar-refractivity contribution < 1.29 is 23.9 Å². The van der Waals surface area contributed by atoms with E-state index in [1.165, 1.54) is 0 Å². The third-order valence-corrected chi connectivity index (χ3v) is 6.36. The number of aromatic amines is 1. The first-order valence-electron chi connectivity index (χ1n) is 11.8. The number of para-hydroxylation sites is 1. The van der Waals surface area contributed by atoms with E-state index in [0.29, 0.717) is 18.8 Å². The summed E-state index contributed by atoms with van der Waals surface area (Å²) in [4.78, 5) is 42.2. The van der Waals surface area contributed by atoms with Crippen LogP contribution in [0.25, 0.3) is 10.9 Å². The number of carbonyl (C=O) groups is 3. The lowest BCUT2D eigenvalue weighted by molar-refractivity contribution is -0.132. The van der Waals surface area contributed by atoms with E-state index in [0.717, 1.165) is 44.7 Å². The van der Waals surface area contributed by atoms with E-state index >= 15 is 0 Å². The van der Waals surface area contributed by atoms with Crippen molar-refractivity contribution in [1.29, 1.82) is 0 Å². The maximum absolute atomic E-state index is 12.9. The minimum Gasteiger partial charge on any atom is -0.494 e. The molecule has 0 spiro atoms. The highest BCUT2D eigenvalue weighted by Gasteiger charge is 2.39. The summed E-state index contributed by atoms with van der Waals surface area (Å²) in [6.07, 6.45) is 3.10. The first-order valence-corrected chi connectivity index (χ1v) is 11.8. The monoisotopic (exact) mass is 476 g/mol. The van der Waals surface area contributed by atoms with Gasteiger partial charge in [0.05, 0.1) is 6.61 Å². The van der Waals surface area contributed by atoms with Crippen LogP contribution in [0.1, 0.15) is 30.5 Å². The van der Waals surface area contributed by atoms with E-state index in [2.05, 4.69) is 15.6 Å². The third kappa shape index (κ3) is 4.53. The van der Waals surface area contributed by atoms with E-state index in [4.69, 9.17) is 9.47 Å². The molecule has 2 aliphatic heterocycles. The number of rotatable bonds is 8. The van der Waals surface area contributed by atoms with Crippen LogP contribution < -0.4 is 20.1 Å². The number of fused-ring (bicyclic) bond motifs is 2. The number of imide groups is 1. The second-order valence-electron chi connectivity index (χ2n) is 8.90. The van der Waals surface area contributed by atoms with Crippen LogP contribution in [-0.4, -0.2) is 53.0 Å². The van der Waals surface area contributed by atoms with Crippen molar-refractivity contribution >= 4 is 28.7 Å². The average Bonchev–Trinajstić information content (AvgIpc) is 3.49. The van der Waals surface area contributed by atoms with Gasteiger partial charge in [0.1, 0.15) is 30.2 Å². The van der Waals surface area contributed by atoms with Crippen LogP contribution >= 0.6 is 0 Å². The Kier molecular flexibility index (Phi) is 6.07. The van der Waals surface area contributed by atoms with Gasteiger partial charge in [-0.15, -0.1) is 0 Å². The van der Waals surface area contributed by atoms with E-state index in [1.807, 2.05) is 56.4 Å². The molecular formula is C26H28N4O5. The van der Waals surface area contributed by atoms with Crippen molar-refractivity contribution in [3.05, 3.63) is 59.3 Å². The van der Waals surface area contributed by atoms with Gasteiger partial charge < -0.3 is 25.1 Å². The van der Waals surface area contributed by atoms with Crippen molar-refractivity contribution in [2.45, 2.75) is 45.4 Å². The van der Waals surface area contributed by atoms with Crippen molar-refractivity contribution in [2.75, 3.05) is 13.2 Å². The zero-order chi connectivity index (χ0) is 24.5. The summed E-state index contributed by atoms with van der Waals surface area (Å²) in [6.45, 7) is 4.25. The van der Waals surface area contributed by atoms with Gasteiger partial charge in [0, 0.05) is 47.6 Å². The zero-order valence-electron chi connectivity index (χ0n) is 19.7. The lowest BCUT2D eigenvalue weighted by Gasteiger charge is -2.15. The van der Waals surface area contributed by atoms with Gasteiger partial charge in [0.25, 0.3) is 5.91 Å². The van der Waals surface area contributed by atoms with Crippen molar-refractivity contribution in [3.63, 3.8) is 0 Å². The summed E-state index contributed by atoms with van der Waals surface area (Å²) >= 11 is 0. The maximum atomic E-state index is 12.9. The summed E-state index contributed by atoms with van der Waals surface area (Å²) < 4.78 is 11.6. The molecule has 0 bridgehead atoms. The number of hydrogen-bond acceptors (Lipinski definition) is 5. The molecular weight excluding hydrogens is 448 g/mol. The molecule has 2 atom stereocenters.